The molecule has 0 saturated carbocycles. The second-order valence-electron chi connectivity index (χ2n) is 4.44. The van der Waals surface area contributed by atoms with E-state index in [0.29, 0.717) is 5.69 Å². The van der Waals surface area contributed by atoms with Crippen molar-refractivity contribution in [2.24, 2.45) is 0 Å². The molecule has 19 heavy (non-hydrogen) atoms. The van der Waals surface area contributed by atoms with Crippen LogP contribution in [0, 0.1) is 0 Å². The Balaban J connectivity index is 2.60. The van der Waals surface area contributed by atoms with Crippen LogP contribution in [0.2, 0.25) is 0 Å². The highest BCUT2D eigenvalue weighted by atomic mass is 19.4. The summed E-state index contributed by atoms with van der Waals surface area (Å²) >= 11 is 0. The van der Waals surface area contributed by atoms with Gasteiger partial charge < -0.3 is 10.6 Å². The maximum absolute atomic E-state index is 12.2. The lowest BCUT2D eigenvalue weighted by molar-refractivity contribution is -0.139. The third-order valence-corrected chi connectivity index (χ3v) is 2.51. The Labute approximate surface area is 110 Å². The fourth-order valence-electron chi connectivity index (χ4n) is 1.69. The minimum absolute atomic E-state index is 0.212. The Kier molecular flexibility index (Phi) is 5.35. The van der Waals surface area contributed by atoms with E-state index in [2.05, 4.69) is 10.6 Å². The summed E-state index contributed by atoms with van der Waals surface area (Å²) in [5.74, 6) is -0.212. The van der Waals surface area contributed by atoms with E-state index < -0.39 is 18.6 Å². The molecule has 0 aliphatic rings. The first-order chi connectivity index (χ1) is 8.78. The summed E-state index contributed by atoms with van der Waals surface area (Å²) in [6, 6.07) is 6.33. The average Bonchev–Trinajstić information content (AvgIpc) is 2.24. The second-order valence-corrected chi connectivity index (χ2v) is 4.44. The Morgan fingerprint density at radius 2 is 1.95 bits per heavy atom. The highest BCUT2D eigenvalue weighted by Gasteiger charge is 2.29. The number of rotatable bonds is 5. The Hall–Kier alpha value is -1.56. The first-order valence-electron chi connectivity index (χ1n) is 5.93. The normalized spacial score (nSPS) is 13.1. The van der Waals surface area contributed by atoms with Crippen LogP contribution in [0.3, 0.4) is 0 Å². The van der Waals surface area contributed by atoms with Crippen molar-refractivity contribution in [2.75, 3.05) is 5.32 Å². The van der Waals surface area contributed by atoms with Crippen molar-refractivity contribution in [3.63, 3.8) is 0 Å². The van der Waals surface area contributed by atoms with E-state index >= 15 is 0 Å². The van der Waals surface area contributed by atoms with Gasteiger partial charge in [0.15, 0.2) is 0 Å². The summed E-state index contributed by atoms with van der Waals surface area (Å²) in [7, 11) is 0. The summed E-state index contributed by atoms with van der Waals surface area (Å²) in [5, 5.41) is 5.44. The number of anilines is 1. The molecule has 2 N–H and O–H groups in total. The number of benzene rings is 1. The molecular formula is C13H17F3N2O. The fourth-order valence-corrected chi connectivity index (χ4v) is 1.69. The van der Waals surface area contributed by atoms with Crippen LogP contribution in [-0.2, 0) is 11.3 Å². The fraction of sp³-hybridized carbons (Fsp3) is 0.462. The van der Waals surface area contributed by atoms with Crippen LogP contribution in [0.15, 0.2) is 24.3 Å². The van der Waals surface area contributed by atoms with Crippen LogP contribution in [0.4, 0.5) is 18.9 Å². The van der Waals surface area contributed by atoms with Gasteiger partial charge >= 0.3 is 6.18 Å². The molecule has 1 atom stereocenters. The van der Waals surface area contributed by atoms with E-state index in [-0.39, 0.29) is 12.5 Å². The molecule has 0 bridgehead atoms. The summed E-state index contributed by atoms with van der Waals surface area (Å²) in [5.41, 5.74) is 1.37. The van der Waals surface area contributed by atoms with Gasteiger partial charge in [0.25, 0.3) is 0 Å². The van der Waals surface area contributed by atoms with Gasteiger partial charge in [-0.05, 0) is 18.6 Å². The zero-order chi connectivity index (χ0) is 14.5. The van der Waals surface area contributed by atoms with Gasteiger partial charge in [-0.15, -0.1) is 0 Å². The lowest BCUT2D eigenvalue weighted by Gasteiger charge is -2.17. The molecule has 0 spiro atoms. The van der Waals surface area contributed by atoms with E-state index in [1.165, 1.54) is 13.8 Å². The van der Waals surface area contributed by atoms with Crippen LogP contribution < -0.4 is 10.6 Å². The van der Waals surface area contributed by atoms with Gasteiger partial charge in [0.05, 0.1) is 6.42 Å². The Morgan fingerprint density at radius 1 is 1.32 bits per heavy atom. The molecule has 0 aromatic heterocycles. The van der Waals surface area contributed by atoms with Crippen molar-refractivity contribution < 1.29 is 18.0 Å². The molecule has 0 heterocycles. The van der Waals surface area contributed by atoms with Crippen molar-refractivity contribution >= 4 is 11.6 Å². The molecule has 0 aliphatic carbocycles. The number of halogens is 3. The zero-order valence-electron chi connectivity index (χ0n) is 10.8. The summed E-state index contributed by atoms with van der Waals surface area (Å²) < 4.78 is 36.6. The number of para-hydroxylation sites is 1. The molecule has 0 radical (unpaired) electrons. The van der Waals surface area contributed by atoms with Crippen LogP contribution in [0.5, 0.6) is 0 Å². The van der Waals surface area contributed by atoms with E-state index in [4.69, 9.17) is 0 Å². The third kappa shape index (κ3) is 6.24. The van der Waals surface area contributed by atoms with Crippen LogP contribution >= 0.6 is 0 Å². The number of carbonyl (C=O) groups is 1. The quantitative estimate of drug-likeness (QED) is 0.866. The molecule has 1 amide bonds. The number of hydrogen-bond donors (Lipinski definition) is 2. The molecular weight excluding hydrogens is 257 g/mol. The summed E-state index contributed by atoms with van der Waals surface area (Å²) in [6.45, 7) is 3.14. The lowest BCUT2D eigenvalue weighted by atomic mass is 10.1. The van der Waals surface area contributed by atoms with Gasteiger partial charge in [0.2, 0.25) is 5.91 Å². The van der Waals surface area contributed by atoms with Crippen molar-refractivity contribution in [1.29, 1.82) is 0 Å². The van der Waals surface area contributed by atoms with Gasteiger partial charge in [-0.1, -0.05) is 18.2 Å². The van der Waals surface area contributed by atoms with Crippen LogP contribution in [-0.4, -0.2) is 18.1 Å². The van der Waals surface area contributed by atoms with Gasteiger partial charge in [0, 0.05) is 25.2 Å². The van der Waals surface area contributed by atoms with Gasteiger partial charge in [0.1, 0.15) is 0 Å². The molecule has 1 aromatic rings. The predicted octanol–water partition coefficient (Wildman–Crippen LogP) is 3.08. The minimum Gasteiger partial charge on any atom is -0.326 e. The Morgan fingerprint density at radius 3 is 2.53 bits per heavy atom. The summed E-state index contributed by atoms with van der Waals surface area (Å²) in [4.78, 5) is 11.0. The number of alkyl halides is 3. The first kappa shape index (κ1) is 15.5. The maximum Gasteiger partial charge on any atom is 0.390 e. The predicted molar refractivity (Wildman–Crippen MR) is 67.7 cm³/mol. The van der Waals surface area contributed by atoms with Gasteiger partial charge in [-0.25, -0.2) is 0 Å². The number of carbonyl (C=O) groups excluding carboxylic acids is 1. The molecule has 3 nitrogen and oxygen atoms in total. The molecule has 106 valence electrons. The summed E-state index contributed by atoms with van der Waals surface area (Å²) in [6.07, 6.45) is -5.06. The van der Waals surface area contributed by atoms with Crippen molar-refractivity contribution in [1.82, 2.24) is 5.32 Å². The van der Waals surface area contributed by atoms with E-state index in [0.717, 1.165) is 5.56 Å². The molecule has 1 unspecified atom stereocenters. The third-order valence-electron chi connectivity index (χ3n) is 2.51. The SMILES string of the molecule is CC(=O)Nc1ccccc1CNC(C)CC(F)(F)F. The molecule has 0 fully saturated rings. The largest absolute Gasteiger partial charge is 0.390 e. The van der Waals surface area contributed by atoms with E-state index in [9.17, 15) is 18.0 Å². The molecule has 0 saturated heterocycles. The first-order valence-corrected chi connectivity index (χ1v) is 5.93. The van der Waals surface area contributed by atoms with Crippen molar-refractivity contribution in [3.8, 4) is 0 Å². The lowest BCUT2D eigenvalue weighted by Crippen LogP contribution is -2.31. The van der Waals surface area contributed by atoms with Crippen LogP contribution in [0.1, 0.15) is 25.8 Å². The minimum atomic E-state index is -4.18. The van der Waals surface area contributed by atoms with Crippen LogP contribution in [0.25, 0.3) is 0 Å². The van der Waals surface area contributed by atoms with Gasteiger partial charge in [-0.2, -0.15) is 13.2 Å². The van der Waals surface area contributed by atoms with E-state index in [1.54, 1.807) is 24.3 Å². The molecule has 1 rings (SSSR count). The highest BCUT2D eigenvalue weighted by Crippen LogP contribution is 2.22. The molecule has 6 heteroatoms. The average molecular weight is 274 g/mol. The molecule has 0 aliphatic heterocycles. The van der Waals surface area contributed by atoms with Gasteiger partial charge in [-0.3, -0.25) is 4.79 Å². The highest BCUT2D eigenvalue weighted by molar-refractivity contribution is 5.89. The Bertz CT molecular complexity index is 432. The number of amides is 1. The smallest absolute Gasteiger partial charge is 0.326 e. The zero-order valence-corrected chi connectivity index (χ0v) is 10.8. The van der Waals surface area contributed by atoms with Crippen molar-refractivity contribution in [2.45, 2.75) is 39.0 Å². The second kappa shape index (κ2) is 6.56. The topological polar surface area (TPSA) is 41.1 Å². The standard InChI is InChI=1S/C13H17F3N2O/c1-9(7-13(14,15)16)17-8-11-5-3-4-6-12(11)18-10(2)19/h3-6,9,17H,7-8H2,1-2H3,(H,18,19). The molecule has 1 aromatic carbocycles. The number of hydrogen-bond acceptors (Lipinski definition) is 2. The monoisotopic (exact) mass is 274 g/mol. The number of nitrogens with one attached hydrogen (secondary N) is 2. The maximum atomic E-state index is 12.2. The van der Waals surface area contributed by atoms with E-state index in [1.807, 2.05) is 0 Å². The van der Waals surface area contributed by atoms with Crippen molar-refractivity contribution in [3.05, 3.63) is 29.8 Å².